The van der Waals surface area contributed by atoms with Crippen LogP contribution >= 0.6 is 0 Å². The van der Waals surface area contributed by atoms with E-state index in [1.807, 2.05) is 0 Å². The van der Waals surface area contributed by atoms with E-state index in [1.165, 1.54) is 10.9 Å². The average Bonchev–Trinajstić information content (AvgIpc) is 3.01. The van der Waals surface area contributed by atoms with Crippen molar-refractivity contribution in [3.05, 3.63) is 18.2 Å². The third-order valence-electron chi connectivity index (χ3n) is 4.35. The van der Waals surface area contributed by atoms with Gasteiger partial charge < -0.3 is 9.88 Å². The van der Waals surface area contributed by atoms with Crippen LogP contribution in [0.4, 0.5) is 13.2 Å². The SMILES string of the molecule is CC1CCCC(c2cncn2C2(C(F)(F)F)CC2)N1. The lowest BCUT2D eigenvalue weighted by molar-refractivity contribution is -0.180. The normalized spacial score (nSPS) is 30.3. The lowest BCUT2D eigenvalue weighted by Gasteiger charge is -2.31. The van der Waals surface area contributed by atoms with Crippen LogP contribution in [0.5, 0.6) is 0 Å². The Kier molecular flexibility index (Phi) is 2.89. The number of imidazole rings is 1. The van der Waals surface area contributed by atoms with Gasteiger partial charge in [-0.15, -0.1) is 0 Å². The van der Waals surface area contributed by atoms with Gasteiger partial charge in [-0.05, 0) is 39.0 Å². The topological polar surface area (TPSA) is 29.9 Å². The van der Waals surface area contributed by atoms with Crippen LogP contribution in [0, 0.1) is 0 Å². The molecule has 3 nitrogen and oxygen atoms in total. The monoisotopic (exact) mass is 273 g/mol. The molecule has 0 amide bonds. The zero-order valence-corrected chi connectivity index (χ0v) is 10.9. The van der Waals surface area contributed by atoms with Gasteiger partial charge in [-0.2, -0.15) is 13.2 Å². The second-order valence-electron chi connectivity index (χ2n) is 5.77. The summed E-state index contributed by atoms with van der Waals surface area (Å²) >= 11 is 0. The highest BCUT2D eigenvalue weighted by atomic mass is 19.4. The molecule has 6 heteroatoms. The van der Waals surface area contributed by atoms with Gasteiger partial charge in [0.1, 0.15) is 5.54 Å². The van der Waals surface area contributed by atoms with Gasteiger partial charge in [-0.3, -0.25) is 0 Å². The molecule has 2 aliphatic rings. The van der Waals surface area contributed by atoms with Crippen LogP contribution in [0.1, 0.15) is 50.8 Å². The number of piperidine rings is 1. The van der Waals surface area contributed by atoms with Gasteiger partial charge in [0.2, 0.25) is 0 Å². The molecule has 1 N–H and O–H groups in total. The molecule has 3 rings (SSSR count). The van der Waals surface area contributed by atoms with E-state index in [9.17, 15) is 13.2 Å². The van der Waals surface area contributed by atoms with E-state index in [4.69, 9.17) is 0 Å². The first-order valence-corrected chi connectivity index (χ1v) is 6.79. The fraction of sp³-hybridized carbons (Fsp3) is 0.769. The van der Waals surface area contributed by atoms with Crippen LogP contribution in [-0.2, 0) is 5.54 Å². The minimum absolute atomic E-state index is 0.00826. The Morgan fingerprint density at radius 3 is 2.68 bits per heavy atom. The molecule has 0 radical (unpaired) electrons. The summed E-state index contributed by atoms with van der Waals surface area (Å²) in [5.74, 6) is 0. The van der Waals surface area contributed by atoms with Crippen molar-refractivity contribution in [2.45, 2.75) is 62.8 Å². The fourth-order valence-corrected chi connectivity index (χ4v) is 3.07. The minimum atomic E-state index is -4.19. The lowest BCUT2D eigenvalue weighted by atomic mass is 9.97. The number of hydrogen-bond acceptors (Lipinski definition) is 2. The zero-order valence-electron chi connectivity index (χ0n) is 10.9. The van der Waals surface area contributed by atoms with Crippen LogP contribution in [0.2, 0.25) is 0 Å². The number of nitrogens with one attached hydrogen (secondary N) is 1. The first-order valence-electron chi connectivity index (χ1n) is 6.79. The van der Waals surface area contributed by atoms with Crippen LogP contribution < -0.4 is 5.32 Å². The second kappa shape index (κ2) is 4.23. The molecule has 1 aromatic rings. The van der Waals surface area contributed by atoms with Gasteiger partial charge in [0.05, 0.1) is 12.0 Å². The number of hydrogen-bond donors (Lipinski definition) is 1. The number of aromatic nitrogens is 2. The summed E-state index contributed by atoms with van der Waals surface area (Å²) in [6, 6.07) is 0.342. The lowest BCUT2D eigenvalue weighted by Crippen LogP contribution is -2.40. The summed E-state index contributed by atoms with van der Waals surface area (Å²) in [4.78, 5) is 3.97. The van der Waals surface area contributed by atoms with Crippen LogP contribution in [0.15, 0.2) is 12.5 Å². The molecular formula is C13H18F3N3. The molecule has 2 heterocycles. The Morgan fingerprint density at radius 1 is 1.37 bits per heavy atom. The molecular weight excluding hydrogens is 255 g/mol. The third-order valence-corrected chi connectivity index (χ3v) is 4.35. The van der Waals surface area contributed by atoms with Gasteiger partial charge in [0.25, 0.3) is 0 Å². The number of nitrogens with zero attached hydrogens (tertiary/aromatic N) is 2. The molecule has 2 atom stereocenters. The molecule has 0 aromatic carbocycles. The average molecular weight is 273 g/mol. The second-order valence-corrected chi connectivity index (χ2v) is 5.77. The molecule has 1 aliphatic carbocycles. The number of halogens is 3. The molecule has 2 unspecified atom stereocenters. The molecule has 0 bridgehead atoms. The van der Waals surface area contributed by atoms with Gasteiger partial charge in [0, 0.05) is 18.3 Å². The van der Waals surface area contributed by atoms with E-state index in [0.717, 1.165) is 19.3 Å². The highest BCUT2D eigenvalue weighted by molar-refractivity contribution is 5.17. The molecule has 106 valence electrons. The summed E-state index contributed by atoms with van der Waals surface area (Å²) in [5, 5.41) is 3.38. The van der Waals surface area contributed by atoms with Crippen molar-refractivity contribution in [2.24, 2.45) is 0 Å². The van der Waals surface area contributed by atoms with Crippen molar-refractivity contribution in [2.75, 3.05) is 0 Å². The maximum Gasteiger partial charge on any atom is 0.411 e. The van der Waals surface area contributed by atoms with Crippen molar-refractivity contribution >= 4 is 0 Å². The molecule has 2 fully saturated rings. The van der Waals surface area contributed by atoms with E-state index >= 15 is 0 Å². The first-order chi connectivity index (χ1) is 8.94. The van der Waals surface area contributed by atoms with E-state index in [0.29, 0.717) is 11.7 Å². The maximum absolute atomic E-state index is 13.2. The Labute approximate surface area is 110 Å². The van der Waals surface area contributed by atoms with E-state index in [2.05, 4.69) is 17.2 Å². The Hall–Kier alpha value is -1.04. The molecule has 1 saturated heterocycles. The van der Waals surface area contributed by atoms with Gasteiger partial charge >= 0.3 is 6.18 Å². The predicted molar refractivity (Wildman–Crippen MR) is 64.7 cm³/mol. The van der Waals surface area contributed by atoms with Crippen LogP contribution in [0.3, 0.4) is 0 Å². The first kappa shape index (κ1) is 13.0. The quantitative estimate of drug-likeness (QED) is 0.897. The summed E-state index contributed by atoms with van der Waals surface area (Å²) in [5.41, 5.74) is -1.01. The minimum Gasteiger partial charge on any atom is -0.318 e. The van der Waals surface area contributed by atoms with E-state index in [1.54, 1.807) is 6.20 Å². The third kappa shape index (κ3) is 2.06. The predicted octanol–water partition coefficient (Wildman–Crippen LogP) is 3.14. The maximum atomic E-state index is 13.2. The fourth-order valence-electron chi connectivity index (χ4n) is 3.07. The molecule has 1 aliphatic heterocycles. The number of rotatable bonds is 2. The van der Waals surface area contributed by atoms with Crippen LogP contribution in [0.25, 0.3) is 0 Å². The summed E-state index contributed by atoms with van der Waals surface area (Å²) < 4.78 is 41.0. The van der Waals surface area contributed by atoms with Crippen molar-refractivity contribution in [1.29, 1.82) is 0 Å². The highest BCUT2D eigenvalue weighted by Crippen LogP contribution is 2.56. The summed E-state index contributed by atoms with van der Waals surface area (Å²) in [7, 11) is 0. The largest absolute Gasteiger partial charge is 0.411 e. The van der Waals surface area contributed by atoms with Gasteiger partial charge in [0.15, 0.2) is 0 Å². The summed E-state index contributed by atoms with van der Waals surface area (Å²) in [6.45, 7) is 2.07. The van der Waals surface area contributed by atoms with E-state index < -0.39 is 11.7 Å². The zero-order chi connectivity index (χ0) is 13.7. The van der Waals surface area contributed by atoms with Crippen molar-refractivity contribution < 1.29 is 13.2 Å². The van der Waals surface area contributed by atoms with Crippen LogP contribution in [-0.4, -0.2) is 21.8 Å². The molecule has 0 spiro atoms. The standard InChI is InChI=1S/C13H18F3N3/c1-9-3-2-4-10(18-9)11-7-17-8-19(11)12(5-6-12)13(14,15)16/h7-10,18H,2-6H2,1H3. The molecule has 1 saturated carbocycles. The van der Waals surface area contributed by atoms with Crippen molar-refractivity contribution in [3.8, 4) is 0 Å². The van der Waals surface area contributed by atoms with Crippen molar-refractivity contribution in [3.63, 3.8) is 0 Å². The van der Waals surface area contributed by atoms with E-state index in [-0.39, 0.29) is 18.9 Å². The Bertz CT molecular complexity index is 462. The van der Waals surface area contributed by atoms with Crippen molar-refractivity contribution in [1.82, 2.24) is 14.9 Å². The smallest absolute Gasteiger partial charge is 0.318 e. The van der Waals surface area contributed by atoms with Gasteiger partial charge in [-0.25, -0.2) is 4.98 Å². The van der Waals surface area contributed by atoms with Gasteiger partial charge in [-0.1, -0.05) is 0 Å². The molecule has 19 heavy (non-hydrogen) atoms. The summed E-state index contributed by atoms with van der Waals surface area (Å²) in [6.07, 6.45) is 2.08. The Balaban J connectivity index is 1.91. The molecule has 1 aromatic heterocycles. The highest BCUT2D eigenvalue weighted by Gasteiger charge is 2.65. The Morgan fingerprint density at radius 2 is 2.11 bits per heavy atom. The number of alkyl halides is 3.